The summed E-state index contributed by atoms with van der Waals surface area (Å²) >= 11 is 0. The molecule has 0 spiro atoms. The third-order valence-corrected chi connectivity index (χ3v) is 12.2. The lowest BCUT2D eigenvalue weighted by molar-refractivity contribution is -0.187. The number of carbonyl (C=O) groups excluding carboxylic acids is 2. The number of hydrogen-bond donors (Lipinski definition) is 0. The molecule has 70 heavy (non-hydrogen) atoms. The minimum Gasteiger partial charge on any atom is -0.482 e. The van der Waals surface area contributed by atoms with Crippen LogP contribution < -0.4 is 19.3 Å². The van der Waals surface area contributed by atoms with Gasteiger partial charge in [-0.3, -0.25) is 0 Å². The zero-order chi connectivity index (χ0) is 47.7. The highest BCUT2D eigenvalue weighted by Gasteiger charge is 2.29. The van der Waals surface area contributed by atoms with E-state index >= 15 is 0 Å². The molecule has 2 aliphatic heterocycles. The lowest BCUT2D eigenvalue weighted by Gasteiger charge is -2.31. The van der Waals surface area contributed by atoms with Crippen molar-refractivity contribution in [3.63, 3.8) is 0 Å². The van der Waals surface area contributed by atoms with Crippen LogP contribution in [0.1, 0.15) is 42.3 Å². The van der Waals surface area contributed by atoms with Crippen LogP contribution in [0.5, 0.6) is 11.5 Å². The van der Waals surface area contributed by atoms with Crippen molar-refractivity contribution in [3.05, 3.63) is 192 Å². The summed E-state index contributed by atoms with van der Waals surface area (Å²) in [5.41, 5.74) is 11.2. The lowest BCUT2D eigenvalue weighted by Crippen LogP contribution is -2.36. The monoisotopic (exact) mass is 928 g/mol. The minimum atomic E-state index is -1.66. The molecule has 12 nitrogen and oxygen atoms in total. The Morgan fingerprint density at radius 3 is 1.41 bits per heavy atom. The molecule has 350 valence electrons. The fourth-order valence-electron chi connectivity index (χ4n) is 8.99. The summed E-state index contributed by atoms with van der Waals surface area (Å²) in [6, 6.07) is 55.6. The zero-order valence-corrected chi connectivity index (χ0v) is 38.9. The zero-order valence-electron chi connectivity index (χ0n) is 38.9. The Bertz CT molecular complexity index is 3090. The second kappa shape index (κ2) is 21.3. The molecule has 6 aromatic carbocycles. The Hall–Kier alpha value is -8.38. The maximum atomic E-state index is 13.4. The quantitative estimate of drug-likeness (QED) is 0.0675. The summed E-state index contributed by atoms with van der Waals surface area (Å²) in [6.07, 6.45) is 1.84. The first-order valence-corrected chi connectivity index (χ1v) is 23.8. The van der Waals surface area contributed by atoms with Crippen LogP contribution >= 0.6 is 0 Å². The molecule has 10 rings (SSSR count). The molecule has 0 N–H and O–H groups in total. The van der Waals surface area contributed by atoms with E-state index in [1.807, 2.05) is 109 Å². The smallest absolute Gasteiger partial charge is 0.389 e. The van der Waals surface area contributed by atoms with Crippen LogP contribution in [0.2, 0.25) is 0 Å². The number of ether oxygens (including phenoxy) is 4. The van der Waals surface area contributed by atoms with E-state index < -0.39 is 24.8 Å². The molecule has 0 fully saturated rings. The first kappa shape index (κ1) is 45.4. The van der Waals surface area contributed by atoms with Crippen molar-refractivity contribution in [2.24, 2.45) is 0 Å². The number of nitrogens with zero attached hydrogens (tertiary/aromatic N) is 6. The number of esters is 2. The van der Waals surface area contributed by atoms with Gasteiger partial charge in [0.2, 0.25) is 0 Å². The predicted octanol–water partition coefficient (Wildman–Crippen LogP) is 10.7. The van der Waals surface area contributed by atoms with Crippen molar-refractivity contribution >= 4 is 23.6 Å². The fourth-order valence-corrected chi connectivity index (χ4v) is 8.99. The molecule has 0 bridgehead atoms. The minimum absolute atomic E-state index is 0.0702. The van der Waals surface area contributed by atoms with Crippen LogP contribution in [-0.4, -0.2) is 64.5 Å². The summed E-state index contributed by atoms with van der Waals surface area (Å²) in [5, 5.41) is 0. The maximum absolute atomic E-state index is 13.4. The standard InChI is InChI=1S/C58H52N6O6/c1-2-67-57(66)58(69-47-30-16-20-41(36-47)38-64-34-18-32-49-56(64)62-54(45-27-13-6-14-28-45)52(60-49)43-23-9-4-10-24-43)70-50(65)39-68-46-29-15-19-40(35-46)37-63-33-17-31-48-55(63)61-53(44-25-11-5-12-26-44)51(59-48)42-21-7-3-8-22-42/h3-16,19-30,35-36,58H,2,17-18,31-34,37-39H2,1H3. The SMILES string of the molecule is CCOC(=O)C(OC(=O)COc1cccc(CN2CCCc3nc(-c4ccccc4)c(-c4ccccc4)nc32)c1)Oc1cccc(CN2CCCc3nc(-c4ccccc4)c(-c4ccccc4)nc32)c1. The molecule has 4 heterocycles. The van der Waals surface area contributed by atoms with Crippen molar-refractivity contribution in [2.75, 3.05) is 36.1 Å². The molecule has 1 atom stereocenters. The van der Waals surface area contributed by atoms with E-state index in [-0.39, 0.29) is 6.61 Å². The summed E-state index contributed by atoms with van der Waals surface area (Å²) in [7, 11) is 0. The number of carbonyl (C=O) groups is 2. The van der Waals surface area contributed by atoms with Gasteiger partial charge in [-0.25, -0.2) is 29.5 Å². The van der Waals surface area contributed by atoms with Gasteiger partial charge in [0.05, 0.1) is 40.8 Å². The Labute approximate surface area is 407 Å². The van der Waals surface area contributed by atoms with Crippen molar-refractivity contribution in [2.45, 2.75) is 52.0 Å². The van der Waals surface area contributed by atoms with Crippen molar-refractivity contribution in [1.29, 1.82) is 0 Å². The Balaban J connectivity index is 0.809. The summed E-state index contributed by atoms with van der Waals surface area (Å²) in [5.74, 6) is 0.871. The van der Waals surface area contributed by atoms with Crippen LogP contribution in [0.3, 0.4) is 0 Å². The largest absolute Gasteiger partial charge is 0.482 e. The molecule has 1 unspecified atom stereocenters. The van der Waals surface area contributed by atoms with Crippen LogP contribution in [0.15, 0.2) is 170 Å². The Morgan fingerprint density at radius 1 is 0.529 bits per heavy atom. The van der Waals surface area contributed by atoms with Gasteiger partial charge in [0.15, 0.2) is 18.2 Å². The number of hydrogen-bond acceptors (Lipinski definition) is 12. The topological polar surface area (TPSA) is 129 Å². The van der Waals surface area contributed by atoms with Gasteiger partial charge >= 0.3 is 18.2 Å². The molecule has 0 saturated carbocycles. The van der Waals surface area contributed by atoms with Crippen LogP contribution in [0, 0.1) is 0 Å². The molecular formula is C58H52N6O6. The third kappa shape index (κ3) is 10.5. The van der Waals surface area contributed by atoms with E-state index in [1.54, 1.807) is 19.1 Å². The predicted molar refractivity (Wildman–Crippen MR) is 270 cm³/mol. The van der Waals surface area contributed by atoms with Crippen LogP contribution in [0.4, 0.5) is 11.6 Å². The highest BCUT2D eigenvalue weighted by Crippen LogP contribution is 2.37. The van der Waals surface area contributed by atoms with Gasteiger partial charge in [0.25, 0.3) is 0 Å². The van der Waals surface area contributed by atoms with Crippen molar-refractivity contribution < 1.29 is 28.5 Å². The fraction of sp³-hybridized carbons (Fsp3) is 0.207. The van der Waals surface area contributed by atoms with E-state index in [0.717, 1.165) is 118 Å². The summed E-state index contributed by atoms with van der Waals surface area (Å²) in [4.78, 5) is 52.0. The third-order valence-electron chi connectivity index (χ3n) is 12.2. The number of rotatable bonds is 16. The van der Waals surface area contributed by atoms with Gasteiger partial charge in [-0.2, -0.15) is 0 Å². The Morgan fingerprint density at radius 2 is 0.957 bits per heavy atom. The van der Waals surface area contributed by atoms with E-state index in [2.05, 4.69) is 58.3 Å². The van der Waals surface area contributed by atoms with Crippen LogP contribution in [-0.2, 0) is 45.0 Å². The summed E-state index contributed by atoms with van der Waals surface area (Å²) in [6.45, 7) is 3.94. The molecule has 8 aromatic rings. The molecule has 12 heteroatoms. The van der Waals surface area contributed by atoms with E-state index in [4.69, 9.17) is 38.9 Å². The molecule has 2 aromatic heterocycles. The first-order chi connectivity index (χ1) is 34.5. The van der Waals surface area contributed by atoms with Crippen LogP contribution in [0.25, 0.3) is 45.0 Å². The number of benzene rings is 6. The second-order valence-corrected chi connectivity index (χ2v) is 17.2. The highest BCUT2D eigenvalue weighted by molar-refractivity contribution is 5.81. The number of fused-ring (bicyclic) bond motifs is 2. The molecular weight excluding hydrogens is 877 g/mol. The first-order valence-electron chi connectivity index (χ1n) is 23.8. The van der Waals surface area contributed by atoms with Gasteiger partial charge in [-0.05, 0) is 68.0 Å². The van der Waals surface area contributed by atoms with Gasteiger partial charge < -0.3 is 28.7 Å². The van der Waals surface area contributed by atoms with Crippen molar-refractivity contribution in [3.8, 4) is 56.5 Å². The average Bonchev–Trinajstić information content (AvgIpc) is 3.41. The average molecular weight is 929 g/mol. The van der Waals surface area contributed by atoms with Crippen molar-refractivity contribution in [1.82, 2.24) is 19.9 Å². The second-order valence-electron chi connectivity index (χ2n) is 17.2. The van der Waals surface area contributed by atoms with Gasteiger partial charge in [-0.15, -0.1) is 0 Å². The maximum Gasteiger partial charge on any atom is 0.389 e. The van der Waals surface area contributed by atoms with E-state index in [1.165, 1.54) is 0 Å². The number of anilines is 2. The van der Waals surface area contributed by atoms with Gasteiger partial charge in [-0.1, -0.05) is 146 Å². The molecule has 0 saturated heterocycles. The van der Waals surface area contributed by atoms with Gasteiger partial charge in [0.1, 0.15) is 11.5 Å². The molecule has 2 aliphatic rings. The van der Waals surface area contributed by atoms with E-state index in [9.17, 15) is 9.59 Å². The normalized spacial score (nSPS) is 13.4. The number of aromatic nitrogens is 4. The molecule has 0 radical (unpaired) electrons. The van der Waals surface area contributed by atoms with Gasteiger partial charge in [0, 0.05) is 48.4 Å². The summed E-state index contributed by atoms with van der Waals surface area (Å²) < 4.78 is 22.9. The lowest BCUT2D eigenvalue weighted by atomic mass is 10.0. The Kier molecular flexibility index (Phi) is 13.8. The molecule has 0 amide bonds. The van der Waals surface area contributed by atoms with E-state index in [0.29, 0.717) is 24.6 Å². The number of aryl methyl sites for hydroxylation is 2. The highest BCUT2D eigenvalue weighted by atomic mass is 16.7. The molecule has 0 aliphatic carbocycles.